The fourth-order valence-electron chi connectivity index (χ4n) is 3.74. The van der Waals surface area contributed by atoms with Crippen LogP contribution in [0, 0.1) is 0 Å². The SMILES string of the molecule is CCOC(=O)c1c(C(=O)OCC)c(C(=O)OCC)c2c([nH]c3ccc(Cl)cc32)c1C(=O)OCC. The number of rotatable bonds is 8. The Hall–Kier alpha value is -3.59. The van der Waals surface area contributed by atoms with Crippen molar-refractivity contribution in [2.24, 2.45) is 0 Å². The van der Waals surface area contributed by atoms with E-state index in [1.807, 2.05) is 0 Å². The van der Waals surface area contributed by atoms with Crippen LogP contribution in [-0.4, -0.2) is 55.3 Å². The Morgan fingerprint density at radius 1 is 0.706 bits per heavy atom. The fourth-order valence-corrected chi connectivity index (χ4v) is 3.91. The summed E-state index contributed by atoms with van der Waals surface area (Å²) in [5.74, 6) is -3.73. The molecule has 2 aromatic carbocycles. The maximum absolute atomic E-state index is 13.2. The van der Waals surface area contributed by atoms with Crippen molar-refractivity contribution in [2.45, 2.75) is 27.7 Å². The summed E-state index contributed by atoms with van der Waals surface area (Å²) in [5.41, 5.74) is -0.748. The molecule has 0 saturated heterocycles. The van der Waals surface area contributed by atoms with E-state index in [1.54, 1.807) is 45.9 Å². The number of hydrogen-bond acceptors (Lipinski definition) is 8. The first kappa shape index (κ1) is 25.0. The second-order valence-electron chi connectivity index (χ2n) is 6.95. The zero-order chi connectivity index (χ0) is 25.0. The standard InChI is InChI=1S/C24H24ClNO8/c1-5-31-21(27)16-15-13-11-12(25)9-10-14(13)26-20(15)19(24(30)34-8-4)18(23(29)33-7-3)17(16)22(28)32-6-2/h9-11,26H,5-8H2,1-4H3. The van der Waals surface area contributed by atoms with E-state index in [1.165, 1.54) is 0 Å². The van der Waals surface area contributed by atoms with E-state index in [0.717, 1.165) is 0 Å². The molecule has 3 rings (SSSR count). The Morgan fingerprint density at radius 3 is 1.65 bits per heavy atom. The maximum Gasteiger partial charge on any atom is 0.341 e. The van der Waals surface area contributed by atoms with Crippen molar-refractivity contribution >= 4 is 57.3 Å². The minimum absolute atomic E-state index is 0.0000706. The molecule has 0 unspecified atom stereocenters. The molecule has 0 saturated carbocycles. The third-order valence-electron chi connectivity index (χ3n) is 4.93. The van der Waals surface area contributed by atoms with Gasteiger partial charge >= 0.3 is 23.9 Å². The molecule has 1 N–H and O–H groups in total. The van der Waals surface area contributed by atoms with Crippen molar-refractivity contribution in [3.63, 3.8) is 0 Å². The summed E-state index contributed by atoms with van der Waals surface area (Å²) in [5, 5.41) is 0.972. The van der Waals surface area contributed by atoms with E-state index >= 15 is 0 Å². The average molecular weight is 490 g/mol. The molecular formula is C24H24ClNO8. The van der Waals surface area contributed by atoms with Crippen LogP contribution in [0.25, 0.3) is 21.8 Å². The summed E-state index contributed by atoms with van der Waals surface area (Å²) in [6.45, 7) is 6.26. The summed E-state index contributed by atoms with van der Waals surface area (Å²) in [6, 6.07) is 4.84. The Balaban J connectivity index is 2.66. The minimum Gasteiger partial charge on any atom is -0.462 e. The maximum atomic E-state index is 13.2. The van der Waals surface area contributed by atoms with E-state index in [-0.39, 0.29) is 48.5 Å². The Kier molecular flexibility index (Phi) is 7.78. The van der Waals surface area contributed by atoms with Crippen LogP contribution in [-0.2, 0) is 18.9 Å². The van der Waals surface area contributed by atoms with Gasteiger partial charge < -0.3 is 23.9 Å². The van der Waals surface area contributed by atoms with Gasteiger partial charge in [0.25, 0.3) is 0 Å². The van der Waals surface area contributed by atoms with Gasteiger partial charge in [0.05, 0.1) is 54.2 Å². The molecule has 0 bridgehead atoms. The van der Waals surface area contributed by atoms with Crippen molar-refractivity contribution in [3.05, 3.63) is 45.5 Å². The summed E-state index contributed by atoms with van der Waals surface area (Å²) < 4.78 is 20.8. The van der Waals surface area contributed by atoms with Crippen molar-refractivity contribution in [3.8, 4) is 0 Å². The number of carbonyl (C=O) groups excluding carboxylic acids is 4. The number of hydrogen-bond donors (Lipinski definition) is 1. The molecule has 9 nitrogen and oxygen atoms in total. The monoisotopic (exact) mass is 489 g/mol. The first-order valence-electron chi connectivity index (χ1n) is 10.8. The van der Waals surface area contributed by atoms with E-state index in [4.69, 9.17) is 30.5 Å². The number of esters is 4. The lowest BCUT2D eigenvalue weighted by Crippen LogP contribution is -2.24. The van der Waals surface area contributed by atoms with Gasteiger partial charge in [0.15, 0.2) is 0 Å². The first-order chi connectivity index (χ1) is 16.3. The minimum atomic E-state index is -0.988. The predicted octanol–water partition coefficient (Wildman–Crippen LogP) is 4.68. The highest BCUT2D eigenvalue weighted by molar-refractivity contribution is 6.33. The zero-order valence-electron chi connectivity index (χ0n) is 19.2. The van der Waals surface area contributed by atoms with Crippen LogP contribution in [0.1, 0.15) is 69.1 Å². The Bertz CT molecular complexity index is 1290. The third-order valence-corrected chi connectivity index (χ3v) is 5.16. The van der Waals surface area contributed by atoms with Crippen LogP contribution >= 0.6 is 11.6 Å². The summed E-state index contributed by atoms with van der Waals surface area (Å²) in [7, 11) is 0. The molecule has 3 aromatic rings. The topological polar surface area (TPSA) is 121 Å². The molecule has 0 atom stereocenters. The molecular weight excluding hydrogens is 466 g/mol. The molecule has 0 spiro atoms. The smallest absolute Gasteiger partial charge is 0.341 e. The van der Waals surface area contributed by atoms with E-state index in [9.17, 15) is 19.2 Å². The number of H-pyrrole nitrogens is 1. The van der Waals surface area contributed by atoms with Crippen LogP contribution in [0.15, 0.2) is 18.2 Å². The van der Waals surface area contributed by atoms with Gasteiger partial charge in [-0.05, 0) is 45.9 Å². The van der Waals surface area contributed by atoms with Crippen LogP contribution in [0.2, 0.25) is 5.02 Å². The van der Waals surface area contributed by atoms with Gasteiger partial charge in [-0.1, -0.05) is 11.6 Å². The Labute approximate surface area is 200 Å². The van der Waals surface area contributed by atoms with E-state index in [2.05, 4.69) is 4.98 Å². The predicted molar refractivity (Wildman–Crippen MR) is 125 cm³/mol. The molecule has 0 aliphatic carbocycles. The van der Waals surface area contributed by atoms with E-state index < -0.39 is 35.0 Å². The number of halogens is 1. The molecule has 0 aliphatic heterocycles. The van der Waals surface area contributed by atoms with Crippen molar-refractivity contribution < 1.29 is 38.1 Å². The van der Waals surface area contributed by atoms with Crippen LogP contribution in [0.5, 0.6) is 0 Å². The highest BCUT2D eigenvalue weighted by atomic mass is 35.5. The largest absolute Gasteiger partial charge is 0.462 e. The van der Waals surface area contributed by atoms with Crippen molar-refractivity contribution in [2.75, 3.05) is 26.4 Å². The van der Waals surface area contributed by atoms with Gasteiger partial charge in [-0.3, -0.25) is 0 Å². The van der Waals surface area contributed by atoms with Crippen molar-refractivity contribution in [1.29, 1.82) is 0 Å². The van der Waals surface area contributed by atoms with Crippen LogP contribution in [0.4, 0.5) is 0 Å². The number of carbonyl (C=O) groups is 4. The first-order valence-corrected chi connectivity index (χ1v) is 11.2. The summed E-state index contributed by atoms with van der Waals surface area (Å²) >= 11 is 6.21. The zero-order valence-corrected chi connectivity index (χ0v) is 20.0. The molecule has 1 heterocycles. The van der Waals surface area contributed by atoms with Gasteiger partial charge in [-0.25, -0.2) is 19.2 Å². The van der Waals surface area contributed by atoms with Gasteiger partial charge in [0.1, 0.15) is 0 Å². The van der Waals surface area contributed by atoms with Gasteiger partial charge in [-0.2, -0.15) is 0 Å². The van der Waals surface area contributed by atoms with Crippen molar-refractivity contribution in [1.82, 2.24) is 4.98 Å². The number of benzene rings is 2. The summed E-state index contributed by atoms with van der Waals surface area (Å²) in [4.78, 5) is 55.7. The molecule has 0 aliphatic rings. The number of fused-ring (bicyclic) bond motifs is 3. The lowest BCUT2D eigenvalue weighted by molar-refractivity contribution is 0.0446. The third kappa shape index (κ3) is 4.43. The number of nitrogens with one attached hydrogen (secondary N) is 1. The number of aromatic nitrogens is 1. The second-order valence-corrected chi connectivity index (χ2v) is 7.38. The van der Waals surface area contributed by atoms with Gasteiger partial charge in [0.2, 0.25) is 0 Å². The quantitative estimate of drug-likeness (QED) is 0.357. The normalized spacial score (nSPS) is 10.9. The lowest BCUT2D eigenvalue weighted by atomic mass is 9.90. The number of aromatic amines is 1. The molecule has 34 heavy (non-hydrogen) atoms. The highest BCUT2D eigenvalue weighted by Gasteiger charge is 2.37. The number of ether oxygens (including phenoxy) is 4. The van der Waals surface area contributed by atoms with E-state index in [0.29, 0.717) is 15.9 Å². The van der Waals surface area contributed by atoms with Gasteiger partial charge in [0, 0.05) is 21.3 Å². The lowest BCUT2D eigenvalue weighted by Gasteiger charge is -2.18. The summed E-state index contributed by atoms with van der Waals surface area (Å²) in [6.07, 6.45) is 0. The molecule has 10 heteroatoms. The molecule has 0 amide bonds. The van der Waals surface area contributed by atoms with Crippen LogP contribution < -0.4 is 0 Å². The average Bonchev–Trinajstić information content (AvgIpc) is 3.16. The molecule has 180 valence electrons. The molecule has 0 radical (unpaired) electrons. The molecule has 0 fully saturated rings. The molecule has 1 aromatic heterocycles. The second kappa shape index (κ2) is 10.6. The van der Waals surface area contributed by atoms with Crippen LogP contribution in [0.3, 0.4) is 0 Å². The fraction of sp³-hybridized carbons (Fsp3) is 0.333. The highest BCUT2D eigenvalue weighted by Crippen LogP contribution is 2.38. The van der Waals surface area contributed by atoms with Gasteiger partial charge in [-0.15, -0.1) is 0 Å². The Morgan fingerprint density at radius 2 is 1.15 bits per heavy atom.